The maximum atomic E-state index is 13.9. The van der Waals surface area contributed by atoms with E-state index in [0.717, 1.165) is 0 Å². The van der Waals surface area contributed by atoms with Gasteiger partial charge in [0.05, 0.1) is 36.5 Å². The first-order valence-electron chi connectivity index (χ1n) is 12.4. The summed E-state index contributed by atoms with van der Waals surface area (Å²) in [4.78, 5) is 47.7. The summed E-state index contributed by atoms with van der Waals surface area (Å²) in [5, 5.41) is 0. The van der Waals surface area contributed by atoms with E-state index in [-0.39, 0.29) is 26.0 Å². The number of hydrogen-bond acceptors (Lipinski definition) is 5. The Kier molecular flexibility index (Phi) is 6.93. The van der Waals surface area contributed by atoms with Gasteiger partial charge in [0.2, 0.25) is 18.0 Å². The number of halogens is 4. The van der Waals surface area contributed by atoms with E-state index in [9.17, 15) is 31.9 Å². The molecule has 3 amide bonds. The van der Waals surface area contributed by atoms with Gasteiger partial charge in [-0.2, -0.15) is 13.2 Å². The van der Waals surface area contributed by atoms with Crippen molar-refractivity contribution in [3.8, 4) is 5.75 Å². The van der Waals surface area contributed by atoms with Gasteiger partial charge >= 0.3 is 6.18 Å². The predicted molar refractivity (Wildman–Crippen MR) is 129 cm³/mol. The molecular formula is C27H25F4N3O4. The SMILES string of the molecule is O=C1[C@H](N2C(=O)[C@@H](CCCF)[C@@H](CCC(F)(F)F)C2=O)N=C(c2ccccc2)c2cccc3c2N1CCO3. The standard InChI is InChI=1S/C27H25F4N3O4/c28-13-5-9-17-18(11-12-27(29,30)31)25(36)34(24(17)35)23-26(37)33-14-15-38-20-10-4-8-19(22(20)33)21(32-23)16-6-2-1-3-7-16/h1-4,6-8,10,17-18,23H,5,9,11-15H2/t17-,18+,23-/m0/s1. The molecule has 0 N–H and O–H groups in total. The van der Waals surface area contributed by atoms with Crippen LogP contribution in [0.25, 0.3) is 0 Å². The van der Waals surface area contributed by atoms with E-state index >= 15 is 0 Å². The van der Waals surface area contributed by atoms with Gasteiger partial charge in [0.1, 0.15) is 12.4 Å². The van der Waals surface area contributed by atoms with E-state index in [1.54, 1.807) is 48.5 Å². The predicted octanol–water partition coefficient (Wildman–Crippen LogP) is 4.28. The first-order valence-corrected chi connectivity index (χ1v) is 12.4. The Morgan fingerprint density at radius 2 is 1.63 bits per heavy atom. The zero-order valence-corrected chi connectivity index (χ0v) is 20.3. The topological polar surface area (TPSA) is 79.3 Å². The molecule has 0 aliphatic carbocycles. The van der Waals surface area contributed by atoms with Crippen LogP contribution in [0.3, 0.4) is 0 Å². The van der Waals surface area contributed by atoms with E-state index in [2.05, 4.69) is 4.99 Å². The lowest BCUT2D eigenvalue weighted by Crippen LogP contribution is -2.52. The summed E-state index contributed by atoms with van der Waals surface area (Å²) in [5.74, 6) is -4.38. The minimum absolute atomic E-state index is 0.0878. The molecule has 1 saturated heterocycles. The molecule has 3 heterocycles. The molecule has 0 unspecified atom stereocenters. The molecule has 3 aliphatic rings. The number of ether oxygens (including phenoxy) is 1. The quantitative estimate of drug-likeness (QED) is 0.395. The first-order chi connectivity index (χ1) is 18.2. The van der Waals surface area contributed by atoms with Gasteiger partial charge in [0.25, 0.3) is 5.91 Å². The third-order valence-electron chi connectivity index (χ3n) is 7.11. The fourth-order valence-corrected chi connectivity index (χ4v) is 5.38. The van der Waals surface area contributed by atoms with Crippen molar-refractivity contribution in [1.82, 2.24) is 4.90 Å². The molecule has 200 valence electrons. The van der Waals surface area contributed by atoms with E-state index in [1.807, 2.05) is 0 Å². The number of carbonyl (C=O) groups excluding carboxylic acids is 3. The van der Waals surface area contributed by atoms with Crippen LogP contribution in [-0.4, -0.2) is 60.5 Å². The van der Waals surface area contributed by atoms with Crippen LogP contribution in [0.1, 0.15) is 36.8 Å². The molecule has 3 aliphatic heterocycles. The van der Waals surface area contributed by atoms with E-state index in [4.69, 9.17) is 4.74 Å². The van der Waals surface area contributed by atoms with Crippen molar-refractivity contribution in [3.63, 3.8) is 0 Å². The summed E-state index contributed by atoms with van der Waals surface area (Å²) in [6.45, 7) is -0.477. The van der Waals surface area contributed by atoms with Crippen LogP contribution in [0.15, 0.2) is 53.5 Å². The molecule has 2 aromatic carbocycles. The third kappa shape index (κ3) is 4.65. The van der Waals surface area contributed by atoms with Gasteiger partial charge in [-0.05, 0) is 25.3 Å². The molecule has 3 atom stereocenters. The molecule has 0 spiro atoms. The van der Waals surface area contributed by atoms with E-state index in [1.165, 1.54) is 4.90 Å². The van der Waals surface area contributed by atoms with Crippen molar-refractivity contribution >= 4 is 29.1 Å². The van der Waals surface area contributed by atoms with Crippen molar-refractivity contribution in [1.29, 1.82) is 0 Å². The van der Waals surface area contributed by atoms with Crippen molar-refractivity contribution in [3.05, 3.63) is 59.7 Å². The second-order valence-electron chi connectivity index (χ2n) is 9.45. The Labute approximate surface area is 216 Å². The fourth-order valence-electron chi connectivity index (χ4n) is 5.38. The monoisotopic (exact) mass is 531 g/mol. The number of benzene rings is 2. The normalized spacial score (nSPS) is 23.2. The van der Waals surface area contributed by atoms with Crippen LogP contribution >= 0.6 is 0 Å². The lowest BCUT2D eigenvalue weighted by molar-refractivity contribution is -0.148. The summed E-state index contributed by atoms with van der Waals surface area (Å²) in [6, 6.07) is 14.1. The number of likely N-dealkylation sites (tertiary alicyclic amines) is 1. The first kappa shape index (κ1) is 25.9. The molecule has 5 rings (SSSR count). The molecular weight excluding hydrogens is 506 g/mol. The van der Waals surface area contributed by atoms with Crippen LogP contribution in [0.2, 0.25) is 0 Å². The highest BCUT2D eigenvalue weighted by atomic mass is 19.4. The lowest BCUT2D eigenvalue weighted by Gasteiger charge is -2.32. The maximum absolute atomic E-state index is 13.9. The largest absolute Gasteiger partial charge is 0.490 e. The molecule has 0 aromatic heterocycles. The molecule has 11 heteroatoms. The fraction of sp³-hybridized carbons (Fsp3) is 0.407. The third-order valence-corrected chi connectivity index (χ3v) is 7.11. The van der Waals surface area contributed by atoms with Gasteiger partial charge in [-0.3, -0.25) is 18.8 Å². The number of alkyl halides is 4. The average molecular weight is 532 g/mol. The number of imide groups is 1. The second-order valence-corrected chi connectivity index (χ2v) is 9.45. The molecule has 0 saturated carbocycles. The smallest absolute Gasteiger partial charge is 0.389 e. The van der Waals surface area contributed by atoms with Crippen molar-refractivity contribution in [2.45, 2.75) is 38.0 Å². The summed E-state index contributed by atoms with van der Waals surface area (Å²) < 4.78 is 57.9. The number of para-hydroxylation sites is 1. The van der Waals surface area contributed by atoms with Crippen LogP contribution in [-0.2, 0) is 14.4 Å². The lowest BCUT2D eigenvalue weighted by atomic mass is 9.87. The number of amides is 3. The summed E-state index contributed by atoms with van der Waals surface area (Å²) in [6.07, 6.45) is -8.24. The average Bonchev–Trinajstić information content (AvgIpc) is 3.06. The van der Waals surface area contributed by atoms with Crippen LogP contribution in [0.4, 0.5) is 23.2 Å². The number of anilines is 1. The molecule has 38 heavy (non-hydrogen) atoms. The van der Waals surface area contributed by atoms with Crippen LogP contribution < -0.4 is 9.64 Å². The van der Waals surface area contributed by atoms with E-state index in [0.29, 0.717) is 33.2 Å². The molecule has 0 bridgehead atoms. The summed E-state index contributed by atoms with van der Waals surface area (Å²) in [5.41, 5.74) is 1.97. The zero-order valence-electron chi connectivity index (χ0n) is 20.3. The van der Waals surface area contributed by atoms with Gasteiger partial charge in [0.15, 0.2) is 0 Å². The van der Waals surface area contributed by atoms with Gasteiger partial charge in [-0.1, -0.05) is 42.5 Å². The molecule has 1 fully saturated rings. The van der Waals surface area contributed by atoms with Crippen LogP contribution in [0, 0.1) is 11.8 Å². The summed E-state index contributed by atoms with van der Waals surface area (Å²) >= 11 is 0. The van der Waals surface area contributed by atoms with Crippen molar-refractivity contribution in [2.24, 2.45) is 16.8 Å². The Hall–Kier alpha value is -3.76. The Balaban J connectivity index is 1.61. The molecule has 2 aromatic rings. The number of nitrogens with zero attached hydrogens (tertiary/aromatic N) is 3. The minimum atomic E-state index is -4.54. The highest BCUT2D eigenvalue weighted by molar-refractivity contribution is 6.22. The van der Waals surface area contributed by atoms with Crippen molar-refractivity contribution < 1.29 is 36.7 Å². The van der Waals surface area contributed by atoms with Gasteiger partial charge < -0.3 is 9.64 Å². The highest BCUT2D eigenvalue weighted by Crippen LogP contribution is 2.42. The number of hydrogen-bond donors (Lipinski definition) is 0. The van der Waals surface area contributed by atoms with E-state index < -0.39 is 61.4 Å². The Morgan fingerprint density at radius 1 is 0.921 bits per heavy atom. The number of aliphatic imine (C=N–C) groups is 1. The second kappa shape index (κ2) is 10.2. The number of rotatable bonds is 7. The molecule has 7 nitrogen and oxygen atoms in total. The highest BCUT2D eigenvalue weighted by Gasteiger charge is 2.53. The number of carbonyl (C=O) groups is 3. The maximum Gasteiger partial charge on any atom is 0.389 e. The van der Waals surface area contributed by atoms with Gasteiger partial charge in [-0.15, -0.1) is 0 Å². The van der Waals surface area contributed by atoms with Gasteiger partial charge in [-0.25, -0.2) is 9.89 Å². The minimum Gasteiger partial charge on any atom is -0.490 e. The Morgan fingerprint density at radius 3 is 2.32 bits per heavy atom. The molecule has 0 radical (unpaired) electrons. The van der Waals surface area contributed by atoms with Crippen molar-refractivity contribution in [2.75, 3.05) is 24.7 Å². The van der Waals surface area contributed by atoms with Crippen LogP contribution in [0.5, 0.6) is 5.75 Å². The zero-order chi connectivity index (χ0) is 27.0. The Bertz CT molecular complexity index is 1280. The van der Waals surface area contributed by atoms with Gasteiger partial charge in [0, 0.05) is 17.5 Å². The summed E-state index contributed by atoms with van der Waals surface area (Å²) in [7, 11) is 0.